The van der Waals surface area contributed by atoms with E-state index in [9.17, 15) is 4.79 Å². The van der Waals surface area contributed by atoms with Crippen LogP contribution in [0.3, 0.4) is 0 Å². The van der Waals surface area contributed by atoms with Gasteiger partial charge in [0.25, 0.3) is 0 Å². The molecule has 1 atom stereocenters. The summed E-state index contributed by atoms with van der Waals surface area (Å²) in [5.74, 6) is 1.00. The van der Waals surface area contributed by atoms with Crippen LogP contribution < -0.4 is 0 Å². The van der Waals surface area contributed by atoms with E-state index >= 15 is 0 Å². The zero-order valence-corrected chi connectivity index (χ0v) is 6.57. The molecular formula is C6H11NOS. The van der Waals surface area contributed by atoms with Crippen molar-refractivity contribution in [3.63, 3.8) is 0 Å². The summed E-state index contributed by atoms with van der Waals surface area (Å²) in [5.41, 5.74) is 0. The molecule has 0 rings (SSSR count). The van der Waals surface area contributed by atoms with Crippen molar-refractivity contribution in [2.24, 2.45) is 4.99 Å². The maximum Gasteiger partial charge on any atom is 0.236 e. The molecule has 0 radical (unpaired) electrons. The number of nitrogens with zero attached hydrogens (tertiary/aromatic N) is 1. The summed E-state index contributed by atoms with van der Waals surface area (Å²) in [5, 5.41) is 0.132. The van der Waals surface area contributed by atoms with Crippen molar-refractivity contribution in [3.05, 3.63) is 0 Å². The van der Waals surface area contributed by atoms with E-state index < -0.39 is 0 Å². The molecule has 0 aliphatic carbocycles. The molecule has 52 valence electrons. The molecule has 0 aromatic rings. The summed E-state index contributed by atoms with van der Waals surface area (Å²) in [4.78, 5) is 13.3. The van der Waals surface area contributed by atoms with Gasteiger partial charge in [-0.15, -0.1) is 11.8 Å². The van der Waals surface area contributed by atoms with Crippen molar-refractivity contribution in [3.8, 4) is 0 Å². The highest BCUT2D eigenvalue weighted by Crippen LogP contribution is 2.13. The zero-order valence-electron chi connectivity index (χ0n) is 5.76. The minimum Gasteiger partial charge on any atom is -0.211 e. The summed E-state index contributed by atoms with van der Waals surface area (Å²) in [6.07, 6.45) is 2.47. The summed E-state index contributed by atoms with van der Waals surface area (Å²) < 4.78 is 0. The number of rotatable bonds is 4. The maximum atomic E-state index is 9.74. The molecule has 2 nitrogen and oxygen atoms in total. The molecule has 0 aliphatic heterocycles. The molecule has 0 spiro atoms. The largest absolute Gasteiger partial charge is 0.236 e. The summed E-state index contributed by atoms with van der Waals surface area (Å²) >= 11 is 1.67. The molecule has 0 aromatic heterocycles. The molecule has 0 bridgehead atoms. The summed E-state index contributed by atoms with van der Waals surface area (Å²) in [6, 6.07) is 0. The van der Waals surface area contributed by atoms with E-state index in [0.717, 1.165) is 12.2 Å². The lowest BCUT2D eigenvalue weighted by molar-refractivity contribution is 0.561. The van der Waals surface area contributed by atoms with Gasteiger partial charge >= 0.3 is 0 Å². The summed E-state index contributed by atoms with van der Waals surface area (Å²) in [7, 11) is 0. The maximum absolute atomic E-state index is 9.74. The third kappa shape index (κ3) is 4.25. The molecule has 0 N–H and O–H groups in total. The predicted molar refractivity (Wildman–Crippen MR) is 40.3 cm³/mol. The van der Waals surface area contributed by atoms with Gasteiger partial charge in [-0.3, -0.25) is 0 Å². The van der Waals surface area contributed by atoms with Crippen LogP contribution in [0.4, 0.5) is 0 Å². The van der Waals surface area contributed by atoms with Gasteiger partial charge < -0.3 is 0 Å². The normalized spacial score (nSPS) is 12.2. The molecule has 0 fully saturated rings. The Labute approximate surface area is 59.7 Å². The van der Waals surface area contributed by atoms with E-state index in [1.807, 2.05) is 13.8 Å². The van der Waals surface area contributed by atoms with Crippen LogP contribution >= 0.6 is 11.8 Å². The fraction of sp³-hybridized carbons (Fsp3) is 0.833. The number of hydrogen-bond donors (Lipinski definition) is 0. The van der Waals surface area contributed by atoms with E-state index in [4.69, 9.17) is 0 Å². The molecule has 0 aromatic carbocycles. The highest BCUT2D eigenvalue weighted by molar-refractivity contribution is 7.99. The second-order valence-electron chi connectivity index (χ2n) is 1.54. The van der Waals surface area contributed by atoms with Crippen LogP contribution in [0.2, 0.25) is 0 Å². The second kappa shape index (κ2) is 5.86. The van der Waals surface area contributed by atoms with Crippen molar-refractivity contribution >= 4 is 17.8 Å². The number of carbonyl (C=O) groups excluding carboxylic acids is 1. The smallest absolute Gasteiger partial charge is 0.211 e. The van der Waals surface area contributed by atoms with Crippen LogP contribution in [0.15, 0.2) is 4.99 Å². The molecular weight excluding hydrogens is 134 g/mol. The minimum absolute atomic E-state index is 0.132. The predicted octanol–water partition coefficient (Wildman–Crippen LogP) is 1.81. The second-order valence-corrected chi connectivity index (χ2v) is 2.99. The average Bonchev–Trinajstić information content (AvgIpc) is 1.88. The molecule has 0 amide bonds. The SMILES string of the molecule is CCSC(CC)N=C=O. The number of aliphatic imine (C=N–C) groups is 1. The Bertz CT molecular complexity index is 110. The Balaban J connectivity index is 3.53. The van der Waals surface area contributed by atoms with E-state index in [2.05, 4.69) is 4.99 Å². The third-order valence-electron chi connectivity index (χ3n) is 0.905. The lowest BCUT2D eigenvalue weighted by atomic mass is 10.5. The number of thioether (sulfide) groups is 1. The van der Waals surface area contributed by atoms with Gasteiger partial charge in [-0.2, -0.15) is 4.99 Å². The Morgan fingerprint density at radius 2 is 2.33 bits per heavy atom. The molecule has 0 heterocycles. The average molecular weight is 145 g/mol. The van der Waals surface area contributed by atoms with Gasteiger partial charge in [-0.1, -0.05) is 13.8 Å². The van der Waals surface area contributed by atoms with Crippen LogP contribution in [0.25, 0.3) is 0 Å². The Morgan fingerprint density at radius 3 is 2.67 bits per heavy atom. The van der Waals surface area contributed by atoms with Crippen molar-refractivity contribution in [2.45, 2.75) is 25.6 Å². The van der Waals surface area contributed by atoms with E-state index in [1.165, 1.54) is 0 Å². The van der Waals surface area contributed by atoms with Crippen molar-refractivity contribution in [1.29, 1.82) is 0 Å². The molecule has 3 heteroatoms. The fourth-order valence-corrected chi connectivity index (χ4v) is 1.24. The zero-order chi connectivity index (χ0) is 7.11. The molecule has 0 saturated carbocycles. The van der Waals surface area contributed by atoms with Crippen molar-refractivity contribution < 1.29 is 4.79 Å². The molecule has 0 aliphatic rings. The van der Waals surface area contributed by atoms with Gasteiger partial charge in [0, 0.05) is 0 Å². The van der Waals surface area contributed by atoms with Crippen LogP contribution in [0.1, 0.15) is 20.3 Å². The lowest BCUT2D eigenvalue weighted by Gasteiger charge is -2.02. The van der Waals surface area contributed by atoms with Crippen LogP contribution in [-0.2, 0) is 4.79 Å². The standard InChI is InChI=1S/C6H11NOS/c1-3-6(7-5-8)9-4-2/h6H,3-4H2,1-2H3. The minimum atomic E-state index is 0.132. The topological polar surface area (TPSA) is 29.4 Å². The van der Waals surface area contributed by atoms with E-state index in [1.54, 1.807) is 17.8 Å². The highest BCUT2D eigenvalue weighted by Gasteiger charge is 1.99. The van der Waals surface area contributed by atoms with Crippen LogP contribution in [-0.4, -0.2) is 17.2 Å². The monoisotopic (exact) mass is 145 g/mol. The van der Waals surface area contributed by atoms with E-state index in [0.29, 0.717) is 0 Å². The van der Waals surface area contributed by atoms with Gasteiger partial charge in [0.2, 0.25) is 6.08 Å². The first kappa shape index (κ1) is 8.73. The number of isocyanates is 1. The Morgan fingerprint density at radius 1 is 1.67 bits per heavy atom. The quantitative estimate of drug-likeness (QED) is 0.446. The van der Waals surface area contributed by atoms with Gasteiger partial charge in [0.15, 0.2) is 0 Å². The Kier molecular flexibility index (Phi) is 5.68. The fourth-order valence-electron chi connectivity index (χ4n) is 0.498. The van der Waals surface area contributed by atoms with Crippen LogP contribution in [0, 0.1) is 0 Å². The highest BCUT2D eigenvalue weighted by atomic mass is 32.2. The molecule has 0 saturated heterocycles. The van der Waals surface area contributed by atoms with Crippen molar-refractivity contribution in [1.82, 2.24) is 0 Å². The number of hydrogen-bond acceptors (Lipinski definition) is 3. The molecule has 9 heavy (non-hydrogen) atoms. The van der Waals surface area contributed by atoms with Gasteiger partial charge in [0.05, 0.1) is 0 Å². The third-order valence-corrected chi connectivity index (χ3v) is 2.06. The van der Waals surface area contributed by atoms with Crippen molar-refractivity contribution in [2.75, 3.05) is 5.75 Å². The lowest BCUT2D eigenvalue weighted by Crippen LogP contribution is -1.94. The molecule has 1 unspecified atom stereocenters. The first-order valence-electron chi connectivity index (χ1n) is 3.03. The van der Waals surface area contributed by atoms with Gasteiger partial charge in [-0.05, 0) is 12.2 Å². The Hall–Kier alpha value is -0.270. The van der Waals surface area contributed by atoms with Gasteiger partial charge in [0.1, 0.15) is 5.37 Å². The van der Waals surface area contributed by atoms with Crippen LogP contribution in [0.5, 0.6) is 0 Å². The summed E-state index contributed by atoms with van der Waals surface area (Å²) in [6.45, 7) is 4.06. The van der Waals surface area contributed by atoms with Gasteiger partial charge in [-0.25, -0.2) is 4.79 Å². The first-order valence-corrected chi connectivity index (χ1v) is 4.08. The van der Waals surface area contributed by atoms with E-state index in [-0.39, 0.29) is 5.37 Å². The first-order chi connectivity index (χ1) is 4.35.